The van der Waals surface area contributed by atoms with Crippen molar-refractivity contribution in [3.8, 4) is 11.5 Å². The third-order valence-electron chi connectivity index (χ3n) is 5.52. The van der Waals surface area contributed by atoms with Gasteiger partial charge in [-0.15, -0.1) is 0 Å². The first-order valence-electron chi connectivity index (χ1n) is 10.1. The number of anilines is 1. The van der Waals surface area contributed by atoms with Crippen molar-refractivity contribution in [3.63, 3.8) is 0 Å². The van der Waals surface area contributed by atoms with E-state index in [1.54, 1.807) is 61.7 Å². The molecule has 1 fully saturated rings. The van der Waals surface area contributed by atoms with Gasteiger partial charge in [-0.3, -0.25) is 14.5 Å². The van der Waals surface area contributed by atoms with Crippen LogP contribution in [0, 0.1) is 6.92 Å². The molecule has 1 aliphatic rings. The van der Waals surface area contributed by atoms with Crippen LogP contribution in [0.4, 0.5) is 5.69 Å². The van der Waals surface area contributed by atoms with Crippen LogP contribution in [0.1, 0.15) is 22.7 Å². The minimum atomic E-state index is -0.812. The fourth-order valence-corrected chi connectivity index (χ4v) is 3.96. The van der Waals surface area contributed by atoms with Gasteiger partial charge in [0.1, 0.15) is 17.3 Å². The molecule has 1 N–H and O–H groups in total. The van der Waals surface area contributed by atoms with E-state index in [0.29, 0.717) is 28.3 Å². The molecule has 162 valence electrons. The van der Waals surface area contributed by atoms with Crippen molar-refractivity contribution in [2.75, 3.05) is 19.1 Å². The van der Waals surface area contributed by atoms with Crippen molar-refractivity contribution in [1.82, 2.24) is 0 Å². The second-order valence-electron chi connectivity index (χ2n) is 7.48. The maximum absolute atomic E-state index is 13.2. The highest BCUT2D eigenvalue weighted by Gasteiger charge is 2.47. The van der Waals surface area contributed by atoms with Crippen LogP contribution in [-0.4, -0.2) is 31.0 Å². The fourth-order valence-electron chi connectivity index (χ4n) is 3.96. The lowest BCUT2D eigenvalue weighted by Crippen LogP contribution is -2.29. The smallest absolute Gasteiger partial charge is 0.300 e. The first-order valence-corrected chi connectivity index (χ1v) is 10.1. The van der Waals surface area contributed by atoms with Crippen LogP contribution >= 0.6 is 0 Å². The number of benzene rings is 3. The number of aliphatic hydroxyl groups excluding tert-OH is 1. The van der Waals surface area contributed by atoms with E-state index < -0.39 is 17.7 Å². The van der Waals surface area contributed by atoms with Gasteiger partial charge in [-0.1, -0.05) is 36.4 Å². The summed E-state index contributed by atoms with van der Waals surface area (Å²) in [7, 11) is 3.05. The van der Waals surface area contributed by atoms with Gasteiger partial charge in [0.05, 0.1) is 31.4 Å². The van der Waals surface area contributed by atoms with Gasteiger partial charge in [-0.05, 0) is 54.4 Å². The van der Waals surface area contributed by atoms with E-state index >= 15 is 0 Å². The minimum Gasteiger partial charge on any atom is -0.507 e. The van der Waals surface area contributed by atoms with Crippen LogP contribution in [-0.2, 0) is 9.59 Å². The van der Waals surface area contributed by atoms with Gasteiger partial charge in [0.2, 0.25) is 0 Å². The molecule has 1 heterocycles. The molecule has 32 heavy (non-hydrogen) atoms. The monoisotopic (exact) mass is 429 g/mol. The standard InChI is InChI=1S/C26H23NO5/c1-16-7-6-8-18(15-16)27-23(17-11-13-19(31-2)14-12-17)22(25(29)26(27)30)24(28)20-9-4-5-10-21(20)32-3/h4-15,23,28H,1-3H3/b24-22+. The number of rotatable bonds is 5. The zero-order valence-electron chi connectivity index (χ0n) is 18.0. The Hall–Kier alpha value is -4.06. The molecule has 1 amide bonds. The molecule has 4 rings (SSSR count). The Labute approximate surface area is 186 Å². The SMILES string of the molecule is COc1ccc(C2/C(=C(\O)c3ccccc3OC)C(=O)C(=O)N2c2cccc(C)c2)cc1. The molecule has 0 bridgehead atoms. The number of ether oxygens (including phenoxy) is 2. The molecule has 0 aliphatic carbocycles. The van der Waals surface area contributed by atoms with Gasteiger partial charge < -0.3 is 14.6 Å². The number of aliphatic hydroxyl groups is 1. The third-order valence-corrected chi connectivity index (χ3v) is 5.52. The molecule has 1 unspecified atom stereocenters. The van der Waals surface area contributed by atoms with Gasteiger partial charge in [0.25, 0.3) is 11.7 Å². The quantitative estimate of drug-likeness (QED) is 0.363. The Morgan fingerprint density at radius 2 is 1.62 bits per heavy atom. The van der Waals surface area contributed by atoms with Crippen molar-refractivity contribution in [2.24, 2.45) is 0 Å². The average Bonchev–Trinajstić information content (AvgIpc) is 3.09. The maximum Gasteiger partial charge on any atom is 0.300 e. The van der Waals surface area contributed by atoms with E-state index in [0.717, 1.165) is 5.56 Å². The highest BCUT2D eigenvalue weighted by molar-refractivity contribution is 6.51. The van der Waals surface area contributed by atoms with Gasteiger partial charge in [-0.2, -0.15) is 0 Å². The second kappa shape index (κ2) is 8.59. The summed E-state index contributed by atoms with van der Waals surface area (Å²) in [5.41, 5.74) is 2.54. The summed E-state index contributed by atoms with van der Waals surface area (Å²) >= 11 is 0. The second-order valence-corrected chi connectivity index (χ2v) is 7.48. The van der Waals surface area contributed by atoms with E-state index in [1.165, 1.54) is 12.0 Å². The van der Waals surface area contributed by atoms with Crippen LogP contribution in [0.15, 0.2) is 78.4 Å². The summed E-state index contributed by atoms with van der Waals surface area (Å²) in [6.45, 7) is 1.91. The average molecular weight is 429 g/mol. The Kier molecular flexibility index (Phi) is 5.69. The Bertz CT molecular complexity index is 1210. The lowest BCUT2D eigenvalue weighted by Gasteiger charge is -2.26. The summed E-state index contributed by atoms with van der Waals surface area (Å²) in [5, 5.41) is 11.2. The number of carbonyl (C=O) groups excluding carboxylic acids is 2. The molecule has 1 atom stereocenters. The predicted molar refractivity (Wildman–Crippen MR) is 122 cm³/mol. The van der Waals surface area contributed by atoms with Crippen LogP contribution in [0.2, 0.25) is 0 Å². The molecule has 3 aromatic carbocycles. The summed E-state index contributed by atoms with van der Waals surface area (Å²) in [4.78, 5) is 27.8. The topological polar surface area (TPSA) is 76.1 Å². The third kappa shape index (κ3) is 3.60. The number of Topliss-reactive ketones (excluding diaryl/α,β-unsaturated/α-hetero) is 1. The highest BCUT2D eigenvalue weighted by Crippen LogP contribution is 2.43. The summed E-state index contributed by atoms with van der Waals surface area (Å²) in [6, 6.07) is 20.5. The predicted octanol–water partition coefficient (Wildman–Crippen LogP) is 4.64. The van der Waals surface area contributed by atoms with Gasteiger partial charge in [0, 0.05) is 5.69 Å². The number of para-hydroxylation sites is 1. The van der Waals surface area contributed by atoms with Crippen LogP contribution < -0.4 is 14.4 Å². The first kappa shape index (κ1) is 21.2. The lowest BCUT2D eigenvalue weighted by atomic mass is 9.94. The largest absolute Gasteiger partial charge is 0.507 e. The fraction of sp³-hybridized carbons (Fsp3) is 0.154. The molecule has 0 saturated carbocycles. The minimum absolute atomic E-state index is 0.00572. The normalized spacial score (nSPS) is 17.5. The number of methoxy groups -OCH3 is 2. The zero-order valence-corrected chi connectivity index (χ0v) is 18.0. The molecular weight excluding hydrogens is 406 g/mol. The molecule has 0 spiro atoms. The van der Waals surface area contributed by atoms with Crippen LogP contribution in [0.25, 0.3) is 5.76 Å². The first-order chi connectivity index (χ1) is 15.5. The number of hydrogen-bond acceptors (Lipinski definition) is 5. The Balaban J connectivity index is 1.96. The molecule has 3 aromatic rings. The van der Waals surface area contributed by atoms with Crippen molar-refractivity contribution in [2.45, 2.75) is 13.0 Å². The molecule has 1 saturated heterocycles. The van der Waals surface area contributed by atoms with Gasteiger partial charge in [-0.25, -0.2) is 0 Å². The summed E-state index contributed by atoms with van der Waals surface area (Å²) in [6.07, 6.45) is 0. The molecule has 6 nitrogen and oxygen atoms in total. The number of nitrogens with zero attached hydrogens (tertiary/aromatic N) is 1. The van der Waals surface area contributed by atoms with E-state index in [9.17, 15) is 14.7 Å². The van der Waals surface area contributed by atoms with E-state index in [2.05, 4.69) is 0 Å². The lowest BCUT2D eigenvalue weighted by molar-refractivity contribution is -0.132. The molecule has 6 heteroatoms. The van der Waals surface area contributed by atoms with Crippen molar-refractivity contribution < 1.29 is 24.2 Å². The van der Waals surface area contributed by atoms with E-state index in [1.807, 2.05) is 25.1 Å². The molecule has 0 aromatic heterocycles. The van der Waals surface area contributed by atoms with Crippen molar-refractivity contribution in [3.05, 3.63) is 95.1 Å². The molecule has 1 aliphatic heterocycles. The van der Waals surface area contributed by atoms with Crippen LogP contribution in [0.3, 0.4) is 0 Å². The molecular formula is C26H23NO5. The van der Waals surface area contributed by atoms with E-state index in [-0.39, 0.29) is 11.3 Å². The molecule has 0 radical (unpaired) electrons. The number of hydrogen-bond donors (Lipinski definition) is 1. The number of amides is 1. The summed E-state index contributed by atoms with van der Waals surface area (Å²) in [5.74, 6) is -0.688. The van der Waals surface area contributed by atoms with Crippen molar-refractivity contribution >= 4 is 23.1 Å². The van der Waals surface area contributed by atoms with Gasteiger partial charge in [0.15, 0.2) is 0 Å². The number of ketones is 1. The van der Waals surface area contributed by atoms with Gasteiger partial charge >= 0.3 is 0 Å². The number of aryl methyl sites for hydroxylation is 1. The maximum atomic E-state index is 13.2. The Morgan fingerprint density at radius 3 is 2.28 bits per heavy atom. The van der Waals surface area contributed by atoms with Crippen LogP contribution in [0.5, 0.6) is 11.5 Å². The highest BCUT2D eigenvalue weighted by atomic mass is 16.5. The van der Waals surface area contributed by atoms with E-state index in [4.69, 9.17) is 9.47 Å². The zero-order chi connectivity index (χ0) is 22.8. The van der Waals surface area contributed by atoms with Crippen molar-refractivity contribution in [1.29, 1.82) is 0 Å². The Morgan fingerprint density at radius 1 is 0.906 bits per heavy atom. The summed E-state index contributed by atoms with van der Waals surface area (Å²) < 4.78 is 10.6. The number of carbonyl (C=O) groups is 2.